The smallest absolute Gasteiger partial charge is 0.341 e. The minimum absolute atomic E-state index is 0.0738. The number of ether oxygens (including phenoxy) is 2. The molecule has 0 aromatic carbocycles. The summed E-state index contributed by atoms with van der Waals surface area (Å²) < 4.78 is 15.9. The topological polar surface area (TPSA) is 65.7 Å². The standard InChI is InChI=1S/C19H24O5/c1-11-16(17(20)22-2)6-15(24-11)10-23-18(21)19-7-12-3-13(8-19)5-14(4-12)9-19/h6,12-14H,3-5,7-10H2,1-2H3. The highest BCUT2D eigenvalue weighted by Crippen LogP contribution is 2.60. The van der Waals surface area contributed by atoms with Gasteiger partial charge in [-0.15, -0.1) is 0 Å². The molecule has 5 heteroatoms. The zero-order chi connectivity index (χ0) is 16.9. The lowest BCUT2D eigenvalue weighted by molar-refractivity contribution is -0.173. The molecule has 1 aromatic heterocycles. The molecular formula is C19H24O5. The Morgan fingerprint density at radius 2 is 1.75 bits per heavy atom. The van der Waals surface area contributed by atoms with Crippen molar-refractivity contribution in [2.24, 2.45) is 23.2 Å². The molecule has 5 rings (SSSR count). The van der Waals surface area contributed by atoms with Gasteiger partial charge in [0.25, 0.3) is 0 Å². The van der Waals surface area contributed by atoms with E-state index >= 15 is 0 Å². The lowest BCUT2D eigenvalue weighted by Gasteiger charge is -2.55. The molecule has 0 spiro atoms. The molecule has 0 unspecified atom stereocenters. The summed E-state index contributed by atoms with van der Waals surface area (Å²) in [5, 5.41) is 0. The summed E-state index contributed by atoms with van der Waals surface area (Å²) in [6.07, 6.45) is 6.86. The molecule has 0 N–H and O–H groups in total. The first-order valence-corrected chi connectivity index (χ1v) is 8.84. The molecule has 4 aliphatic carbocycles. The van der Waals surface area contributed by atoms with Crippen LogP contribution >= 0.6 is 0 Å². The van der Waals surface area contributed by atoms with E-state index in [-0.39, 0.29) is 18.0 Å². The van der Waals surface area contributed by atoms with Gasteiger partial charge in [-0.05, 0) is 69.3 Å². The van der Waals surface area contributed by atoms with Gasteiger partial charge in [0.1, 0.15) is 23.7 Å². The van der Waals surface area contributed by atoms with E-state index in [0.29, 0.717) is 34.8 Å². The van der Waals surface area contributed by atoms with Gasteiger partial charge in [0.2, 0.25) is 0 Å². The van der Waals surface area contributed by atoms with Gasteiger partial charge in [-0.3, -0.25) is 4.79 Å². The average molecular weight is 332 g/mol. The minimum Gasteiger partial charge on any atom is -0.465 e. The van der Waals surface area contributed by atoms with Crippen molar-refractivity contribution in [3.63, 3.8) is 0 Å². The molecule has 130 valence electrons. The maximum atomic E-state index is 12.8. The quantitative estimate of drug-likeness (QED) is 0.788. The predicted octanol–water partition coefficient (Wildman–Crippen LogP) is 3.63. The highest BCUT2D eigenvalue weighted by atomic mass is 16.5. The van der Waals surface area contributed by atoms with Crippen molar-refractivity contribution in [1.82, 2.24) is 0 Å². The van der Waals surface area contributed by atoms with Crippen LogP contribution in [-0.2, 0) is 20.9 Å². The van der Waals surface area contributed by atoms with Gasteiger partial charge in [-0.1, -0.05) is 0 Å². The fraction of sp³-hybridized carbons (Fsp3) is 0.684. The van der Waals surface area contributed by atoms with Crippen LogP contribution in [0.4, 0.5) is 0 Å². The number of hydrogen-bond donors (Lipinski definition) is 0. The maximum absolute atomic E-state index is 12.8. The number of furan rings is 1. The zero-order valence-electron chi connectivity index (χ0n) is 14.3. The normalized spacial score (nSPS) is 33.5. The van der Waals surface area contributed by atoms with Crippen LogP contribution < -0.4 is 0 Å². The number of carbonyl (C=O) groups excluding carboxylic acids is 2. The van der Waals surface area contributed by atoms with Crippen LogP contribution in [0.15, 0.2) is 10.5 Å². The molecule has 4 aliphatic rings. The highest BCUT2D eigenvalue weighted by Gasteiger charge is 2.55. The summed E-state index contributed by atoms with van der Waals surface area (Å²) in [5.41, 5.74) is 0.125. The molecule has 5 nitrogen and oxygen atoms in total. The summed E-state index contributed by atoms with van der Waals surface area (Å²) in [4.78, 5) is 24.4. The fourth-order valence-electron chi connectivity index (χ4n) is 5.58. The third kappa shape index (κ3) is 2.54. The van der Waals surface area contributed by atoms with Gasteiger partial charge in [-0.2, -0.15) is 0 Å². The predicted molar refractivity (Wildman–Crippen MR) is 85.2 cm³/mol. The van der Waals surface area contributed by atoms with Crippen LogP contribution in [0.25, 0.3) is 0 Å². The van der Waals surface area contributed by atoms with E-state index in [2.05, 4.69) is 0 Å². The van der Waals surface area contributed by atoms with Crippen molar-refractivity contribution in [2.75, 3.05) is 7.11 Å². The van der Waals surface area contributed by atoms with Crippen molar-refractivity contribution in [1.29, 1.82) is 0 Å². The van der Waals surface area contributed by atoms with Crippen molar-refractivity contribution < 1.29 is 23.5 Å². The van der Waals surface area contributed by atoms with E-state index in [4.69, 9.17) is 13.9 Å². The van der Waals surface area contributed by atoms with Crippen LogP contribution in [0.2, 0.25) is 0 Å². The monoisotopic (exact) mass is 332 g/mol. The van der Waals surface area contributed by atoms with Crippen LogP contribution in [-0.4, -0.2) is 19.0 Å². The molecule has 0 amide bonds. The van der Waals surface area contributed by atoms with E-state index in [0.717, 1.165) is 19.3 Å². The zero-order valence-corrected chi connectivity index (χ0v) is 14.3. The summed E-state index contributed by atoms with van der Waals surface area (Å²) in [6, 6.07) is 1.61. The van der Waals surface area contributed by atoms with Gasteiger partial charge >= 0.3 is 11.9 Å². The largest absolute Gasteiger partial charge is 0.465 e. The van der Waals surface area contributed by atoms with Crippen LogP contribution in [0.5, 0.6) is 0 Å². The third-order valence-electron chi connectivity index (χ3n) is 6.19. The second-order valence-corrected chi connectivity index (χ2v) is 7.95. The minimum atomic E-state index is -0.435. The Morgan fingerprint density at radius 3 is 2.29 bits per heavy atom. The van der Waals surface area contributed by atoms with E-state index in [1.807, 2.05) is 0 Å². The lowest BCUT2D eigenvalue weighted by atomic mass is 9.49. The first kappa shape index (κ1) is 15.7. The Bertz CT molecular complexity index is 636. The number of rotatable bonds is 4. The van der Waals surface area contributed by atoms with Gasteiger partial charge in [-0.25, -0.2) is 4.79 Å². The number of aryl methyl sites for hydroxylation is 1. The number of hydrogen-bond acceptors (Lipinski definition) is 5. The molecule has 0 saturated heterocycles. The molecule has 0 aliphatic heterocycles. The fourth-order valence-corrected chi connectivity index (χ4v) is 5.58. The lowest BCUT2D eigenvalue weighted by Crippen LogP contribution is -2.50. The molecule has 24 heavy (non-hydrogen) atoms. The number of carbonyl (C=O) groups is 2. The SMILES string of the molecule is COC(=O)c1cc(COC(=O)C23CC4CC(CC(C4)C2)C3)oc1C. The third-order valence-corrected chi connectivity index (χ3v) is 6.19. The maximum Gasteiger partial charge on any atom is 0.341 e. The molecular weight excluding hydrogens is 308 g/mol. The van der Waals surface area contributed by atoms with Crippen LogP contribution in [0.1, 0.15) is 60.4 Å². The molecule has 1 heterocycles. The van der Waals surface area contributed by atoms with E-state index in [9.17, 15) is 9.59 Å². The Kier molecular flexibility index (Phi) is 3.70. The van der Waals surface area contributed by atoms with Crippen molar-refractivity contribution in [3.8, 4) is 0 Å². The average Bonchev–Trinajstić information content (AvgIpc) is 2.91. The Hall–Kier alpha value is -1.78. The van der Waals surface area contributed by atoms with Gasteiger partial charge in [0.15, 0.2) is 0 Å². The van der Waals surface area contributed by atoms with Gasteiger partial charge in [0, 0.05) is 0 Å². The van der Waals surface area contributed by atoms with E-state index in [1.54, 1.807) is 13.0 Å². The van der Waals surface area contributed by atoms with Crippen molar-refractivity contribution >= 4 is 11.9 Å². The number of esters is 2. The van der Waals surface area contributed by atoms with Crippen molar-refractivity contribution in [3.05, 3.63) is 23.2 Å². The Labute approximate surface area is 141 Å². The Balaban J connectivity index is 1.43. The second kappa shape index (κ2) is 5.64. The first-order chi connectivity index (χ1) is 11.5. The second-order valence-electron chi connectivity index (χ2n) is 7.95. The van der Waals surface area contributed by atoms with Crippen LogP contribution in [0.3, 0.4) is 0 Å². The summed E-state index contributed by atoms with van der Waals surface area (Å²) in [5.74, 6) is 2.60. The molecule has 1 aromatic rings. The summed E-state index contributed by atoms with van der Waals surface area (Å²) >= 11 is 0. The molecule has 4 saturated carbocycles. The number of methoxy groups -OCH3 is 1. The van der Waals surface area contributed by atoms with Crippen LogP contribution in [0, 0.1) is 30.1 Å². The van der Waals surface area contributed by atoms with E-state index < -0.39 is 5.97 Å². The van der Waals surface area contributed by atoms with Gasteiger partial charge < -0.3 is 13.9 Å². The molecule has 4 fully saturated rings. The summed E-state index contributed by atoms with van der Waals surface area (Å²) in [7, 11) is 1.33. The first-order valence-electron chi connectivity index (χ1n) is 8.84. The molecule has 0 radical (unpaired) electrons. The Morgan fingerprint density at radius 1 is 1.17 bits per heavy atom. The highest BCUT2D eigenvalue weighted by molar-refractivity contribution is 5.90. The van der Waals surface area contributed by atoms with Gasteiger partial charge in [0.05, 0.1) is 12.5 Å². The summed E-state index contributed by atoms with van der Waals surface area (Å²) in [6.45, 7) is 1.79. The molecule has 4 bridgehead atoms. The molecule has 0 atom stereocenters. The van der Waals surface area contributed by atoms with E-state index in [1.165, 1.54) is 26.4 Å². The van der Waals surface area contributed by atoms with Crippen molar-refractivity contribution in [2.45, 2.75) is 52.1 Å².